The molecule has 0 aromatic carbocycles. The van der Waals surface area contributed by atoms with Crippen molar-refractivity contribution < 1.29 is 28.6 Å². The molecule has 6 nitrogen and oxygen atoms in total. The Kier molecular flexibility index (Phi) is 61.1. The topological polar surface area (TPSA) is 78.9 Å². The molecule has 0 saturated heterocycles. The van der Waals surface area contributed by atoms with Gasteiger partial charge in [0.05, 0.1) is 0 Å². The minimum atomic E-state index is -0.770. The standard InChI is InChI=1S/C68H126O6/c1-4-7-10-13-16-19-22-25-28-30-31-32-33-34-35-36-37-38-41-43-46-49-52-55-58-61-67(70)73-64-65(63-72-66(69)60-57-54-51-48-45-42-39-27-24-21-18-15-12-9-6-3)74-68(71)62-59-56-53-50-47-44-40-29-26-23-20-17-14-11-8-5-2/h22,25,30-31,33-34,65H,4-21,23-24,26-29,32,35-64H2,1-3H3/b25-22-,31-30-,34-33-. The van der Waals surface area contributed by atoms with Gasteiger partial charge in [-0.3, -0.25) is 14.4 Å². The molecule has 0 rings (SSSR count). The third-order valence-electron chi connectivity index (χ3n) is 14.9. The van der Waals surface area contributed by atoms with Crippen molar-refractivity contribution in [2.75, 3.05) is 13.2 Å². The van der Waals surface area contributed by atoms with Crippen molar-refractivity contribution in [1.82, 2.24) is 0 Å². The maximum atomic E-state index is 12.9. The SMILES string of the molecule is CCCCCCC/C=C\C/C=C\C/C=C\CCCCCCCCCCCCC(=O)OCC(COC(=O)CCCCCCCCCCCCCCCCC)OC(=O)CCCCCCCCCCCCCCCCCC. The monoisotopic (exact) mass is 1040 g/mol. The van der Waals surface area contributed by atoms with Crippen LogP contribution in [0.3, 0.4) is 0 Å². The molecule has 434 valence electrons. The minimum Gasteiger partial charge on any atom is -0.462 e. The third-order valence-corrected chi connectivity index (χ3v) is 14.9. The van der Waals surface area contributed by atoms with Gasteiger partial charge >= 0.3 is 17.9 Å². The highest BCUT2D eigenvalue weighted by Crippen LogP contribution is 2.18. The molecule has 74 heavy (non-hydrogen) atoms. The summed E-state index contributed by atoms with van der Waals surface area (Å²) in [7, 11) is 0. The van der Waals surface area contributed by atoms with Gasteiger partial charge in [0.25, 0.3) is 0 Å². The molecular formula is C68H126O6. The van der Waals surface area contributed by atoms with E-state index in [4.69, 9.17) is 14.2 Å². The van der Waals surface area contributed by atoms with Crippen molar-refractivity contribution in [1.29, 1.82) is 0 Å². The quantitative estimate of drug-likeness (QED) is 0.0261. The number of hydrogen-bond acceptors (Lipinski definition) is 6. The number of rotatable bonds is 61. The highest BCUT2D eigenvalue weighted by molar-refractivity contribution is 5.71. The van der Waals surface area contributed by atoms with Gasteiger partial charge in [0.1, 0.15) is 13.2 Å². The summed E-state index contributed by atoms with van der Waals surface area (Å²) in [6, 6.07) is 0. The summed E-state index contributed by atoms with van der Waals surface area (Å²) in [6.07, 6.45) is 77.2. The number of unbranched alkanes of at least 4 members (excludes halogenated alkanes) is 44. The molecule has 0 aromatic heterocycles. The Morgan fingerprint density at radius 3 is 0.757 bits per heavy atom. The first-order chi connectivity index (χ1) is 36.5. The summed E-state index contributed by atoms with van der Waals surface area (Å²) in [5, 5.41) is 0. The Hall–Kier alpha value is -2.37. The summed E-state index contributed by atoms with van der Waals surface area (Å²) in [5.41, 5.74) is 0. The van der Waals surface area contributed by atoms with Crippen LogP contribution in [0.2, 0.25) is 0 Å². The number of carbonyl (C=O) groups is 3. The fourth-order valence-corrected chi connectivity index (χ4v) is 9.92. The second-order valence-electron chi connectivity index (χ2n) is 22.4. The van der Waals surface area contributed by atoms with Crippen LogP contribution in [0.15, 0.2) is 36.5 Å². The summed E-state index contributed by atoms with van der Waals surface area (Å²) >= 11 is 0. The second kappa shape index (κ2) is 63.2. The van der Waals surface area contributed by atoms with Crippen LogP contribution in [0.4, 0.5) is 0 Å². The molecule has 0 fully saturated rings. The normalized spacial score (nSPS) is 12.2. The average Bonchev–Trinajstić information content (AvgIpc) is 3.40. The van der Waals surface area contributed by atoms with E-state index in [2.05, 4.69) is 57.2 Å². The average molecular weight is 1040 g/mol. The van der Waals surface area contributed by atoms with E-state index in [-0.39, 0.29) is 31.1 Å². The number of esters is 3. The van der Waals surface area contributed by atoms with Crippen LogP contribution in [-0.4, -0.2) is 37.2 Å². The fraction of sp³-hybridized carbons (Fsp3) is 0.868. The van der Waals surface area contributed by atoms with Gasteiger partial charge < -0.3 is 14.2 Å². The van der Waals surface area contributed by atoms with E-state index in [9.17, 15) is 14.4 Å². The smallest absolute Gasteiger partial charge is 0.306 e. The van der Waals surface area contributed by atoms with Crippen molar-refractivity contribution >= 4 is 17.9 Å². The van der Waals surface area contributed by atoms with Crippen molar-refractivity contribution in [3.8, 4) is 0 Å². The van der Waals surface area contributed by atoms with Crippen LogP contribution < -0.4 is 0 Å². The van der Waals surface area contributed by atoms with Crippen molar-refractivity contribution in [3.05, 3.63) is 36.5 Å². The third kappa shape index (κ3) is 60.5. The zero-order valence-corrected chi connectivity index (χ0v) is 49.9. The summed E-state index contributed by atoms with van der Waals surface area (Å²) in [5.74, 6) is -0.844. The zero-order chi connectivity index (χ0) is 53.6. The first-order valence-corrected chi connectivity index (χ1v) is 33.0. The van der Waals surface area contributed by atoms with Gasteiger partial charge in [-0.2, -0.15) is 0 Å². The Bertz CT molecular complexity index is 1240. The number of allylic oxidation sites excluding steroid dienone is 6. The maximum Gasteiger partial charge on any atom is 0.306 e. The Balaban J connectivity index is 4.27. The molecule has 0 aliphatic heterocycles. The summed E-state index contributed by atoms with van der Waals surface area (Å²) in [4.78, 5) is 38.3. The van der Waals surface area contributed by atoms with Gasteiger partial charge in [-0.1, -0.05) is 320 Å². The molecule has 0 N–H and O–H groups in total. The van der Waals surface area contributed by atoms with Crippen molar-refractivity contribution in [3.63, 3.8) is 0 Å². The van der Waals surface area contributed by atoms with Gasteiger partial charge in [0, 0.05) is 19.3 Å². The lowest BCUT2D eigenvalue weighted by Gasteiger charge is -2.18. The predicted octanol–water partition coefficient (Wildman–Crippen LogP) is 22.4. The first-order valence-electron chi connectivity index (χ1n) is 33.0. The molecule has 0 amide bonds. The number of hydrogen-bond donors (Lipinski definition) is 0. The highest BCUT2D eigenvalue weighted by atomic mass is 16.6. The van der Waals surface area contributed by atoms with Crippen LogP contribution in [0.1, 0.15) is 361 Å². The van der Waals surface area contributed by atoms with Crippen LogP contribution in [0.25, 0.3) is 0 Å². The van der Waals surface area contributed by atoms with Crippen LogP contribution in [0.5, 0.6) is 0 Å². The summed E-state index contributed by atoms with van der Waals surface area (Å²) in [6.45, 7) is 6.69. The van der Waals surface area contributed by atoms with E-state index in [0.717, 1.165) is 70.6 Å². The van der Waals surface area contributed by atoms with E-state index >= 15 is 0 Å². The van der Waals surface area contributed by atoms with Crippen molar-refractivity contribution in [2.24, 2.45) is 0 Å². The van der Waals surface area contributed by atoms with Gasteiger partial charge in [-0.15, -0.1) is 0 Å². The van der Waals surface area contributed by atoms with E-state index in [1.165, 1.54) is 250 Å². The van der Waals surface area contributed by atoms with Gasteiger partial charge in [-0.05, 0) is 57.8 Å². The van der Waals surface area contributed by atoms with Gasteiger partial charge in [0.2, 0.25) is 0 Å². The van der Waals surface area contributed by atoms with E-state index in [1.807, 2.05) is 0 Å². The lowest BCUT2D eigenvalue weighted by Crippen LogP contribution is -2.30. The molecule has 0 aromatic rings. The highest BCUT2D eigenvalue weighted by Gasteiger charge is 2.19. The lowest BCUT2D eigenvalue weighted by molar-refractivity contribution is -0.167. The Morgan fingerprint density at radius 2 is 0.486 bits per heavy atom. The lowest BCUT2D eigenvalue weighted by atomic mass is 10.0. The van der Waals surface area contributed by atoms with Crippen LogP contribution >= 0.6 is 0 Å². The second-order valence-corrected chi connectivity index (χ2v) is 22.4. The van der Waals surface area contributed by atoms with Crippen LogP contribution in [0, 0.1) is 0 Å². The molecule has 0 aliphatic carbocycles. The van der Waals surface area contributed by atoms with Crippen LogP contribution in [-0.2, 0) is 28.6 Å². The fourth-order valence-electron chi connectivity index (χ4n) is 9.92. The first kappa shape index (κ1) is 71.6. The Morgan fingerprint density at radius 1 is 0.270 bits per heavy atom. The molecule has 0 aliphatic rings. The molecule has 0 saturated carbocycles. The largest absolute Gasteiger partial charge is 0.462 e. The molecule has 0 bridgehead atoms. The zero-order valence-electron chi connectivity index (χ0n) is 49.9. The summed E-state index contributed by atoms with van der Waals surface area (Å²) < 4.78 is 17.0. The van der Waals surface area contributed by atoms with E-state index < -0.39 is 6.10 Å². The molecular weight excluding hydrogens is 913 g/mol. The van der Waals surface area contributed by atoms with E-state index in [1.54, 1.807) is 0 Å². The minimum absolute atomic E-state index is 0.0672. The molecule has 0 radical (unpaired) electrons. The van der Waals surface area contributed by atoms with Gasteiger partial charge in [-0.25, -0.2) is 0 Å². The molecule has 0 spiro atoms. The molecule has 1 atom stereocenters. The molecule has 0 heterocycles. The predicted molar refractivity (Wildman–Crippen MR) is 321 cm³/mol. The Labute approximate surface area is 461 Å². The molecule has 6 heteroatoms. The van der Waals surface area contributed by atoms with Gasteiger partial charge in [0.15, 0.2) is 6.10 Å². The van der Waals surface area contributed by atoms with E-state index in [0.29, 0.717) is 19.3 Å². The maximum absolute atomic E-state index is 12.9. The molecule has 1 unspecified atom stereocenters. The van der Waals surface area contributed by atoms with Crippen molar-refractivity contribution in [2.45, 2.75) is 367 Å². The number of carbonyl (C=O) groups excluding carboxylic acids is 3. The number of ether oxygens (including phenoxy) is 3.